The number of Topliss-reactive ketones (excluding diaryl/α,β-unsaturated/α-hetero) is 2. The molecule has 4 rings (SSSR count). The molecule has 1 aromatic rings. The van der Waals surface area contributed by atoms with Gasteiger partial charge in [-0.15, -0.1) is 0 Å². The number of ketones is 2. The number of carbonyl (C=O) groups excluding carboxylic acids is 4. The van der Waals surface area contributed by atoms with Gasteiger partial charge in [-0.3, -0.25) is 14.4 Å². The molecule has 1 aromatic carbocycles. The molecule has 9 nitrogen and oxygen atoms in total. The van der Waals surface area contributed by atoms with Gasteiger partial charge in [0, 0.05) is 24.2 Å². The molecule has 1 aliphatic heterocycles. The molecule has 9 heteroatoms. The van der Waals surface area contributed by atoms with Crippen LogP contribution in [-0.2, 0) is 28.6 Å². The van der Waals surface area contributed by atoms with Crippen LogP contribution in [0.5, 0.6) is 0 Å². The van der Waals surface area contributed by atoms with Crippen LogP contribution in [0.3, 0.4) is 0 Å². The highest BCUT2D eigenvalue weighted by Gasteiger charge is 2.64. The zero-order chi connectivity index (χ0) is 28.8. The van der Waals surface area contributed by atoms with Crippen molar-refractivity contribution in [1.29, 1.82) is 0 Å². The second kappa shape index (κ2) is 10.6. The zero-order valence-electron chi connectivity index (χ0n) is 23.5. The summed E-state index contributed by atoms with van der Waals surface area (Å²) in [5.74, 6) is -3.78. The van der Waals surface area contributed by atoms with E-state index in [2.05, 4.69) is 0 Å². The van der Waals surface area contributed by atoms with Crippen LogP contribution in [0.2, 0.25) is 0 Å². The van der Waals surface area contributed by atoms with Gasteiger partial charge in [0.25, 0.3) is 0 Å². The zero-order valence-corrected chi connectivity index (χ0v) is 23.5. The van der Waals surface area contributed by atoms with Gasteiger partial charge in [-0.2, -0.15) is 0 Å². The monoisotopic (exact) mass is 541 g/mol. The minimum absolute atomic E-state index is 0.0645. The van der Waals surface area contributed by atoms with Crippen molar-refractivity contribution in [3.05, 3.63) is 48.0 Å². The molecule has 2 aliphatic carbocycles. The fraction of sp³-hybridized carbons (Fsp3) is 0.600. The molecule has 1 N–H and O–H groups in total. The Morgan fingerprint density at radius 1 is 1.15 bits per heavy atom. The molecule has 7 atom stereocenters. The fourth-order valence-electron chi connectivity index (χ4n) is 6.61. The van der Waals surface area contributed by atoms with E-state index in [1.807, 2.05) is 20.8 Å². The molecule has 2 bridgehead atoms. The number of benzene rings is 1. The van der Waals surface area contributed by atoms with Gasteiger partial charge >= 0.3 is 11.9 Å². The van der Waals surface area contributed by atoms with Gasteiger partial charge in [-0.05, 0) is 57.4 Å². The van der Waals surface area contributed by atoms with E-state index in [1.165, 1.54) is 6.92 Å². The summed E-state index contributed by atoms with van der Waals surface area (Å²) in [6.45, 7) is 8.37. The molecule has 0 spiro atoms. The third kappa shape index (κ3) is 5.19. The molecule has 0 aromatic heterocycles. The van der Waals surface area contributed by atoms with Crippen LogP contribution in [0.25, 0.3) is 0 Å². The minimum atomic E-state index is -1.40. The molecule has 1 heterocycles. The maximum atomic E-state index is 14.0. The maximum Gasteiger partial charge on any atom is 0.339 e. The first-order valence-electron chi connectivity index (χ1n) is 13.5. The second-order valence-corrected chi connectivity index (χ2v) is 12.1. The first-order chi connectivity index (χ1) is 18.2. The Morgan fingerprint density at radius 2 is 1.82 bits per heavy atom. The largest absolute Gasteiger partial charge is 0.446 e. The molecule has 2 fully saturated rings. The van der Waals surface area contributed by atoms with Crippen molar-refractivity contribution >= 4 is 23.5 Å². The predicted octanol–water partition coefficient (Wildman–Crippen LogP) is 3.50. The number of hydrogen-bond acceptors (Lipinski definition) is 9. The highest BCUT2D eigenvalue weighted by Crippen LogP contribution is 2.58. The first-order valence-corrected chi connectivity index (χ1v) is 13.5. The first kappa shape index (κ1) is 29.1. The van der Waals surface area contributed by atoms with Gasteiger partial charge in [0.15, 0.2) is 0 Å². The van der Waals surface area contributed by atoms with Crippen molar-refractivity contribution in [3.63, 3.8) is 0 Å². The normalized spacial score (nSPS) is 35.8. The van der Waals surface area contributed by atoms with Gasteiger partial charge in [-0.25, -0.2) is 9.69 Å². The highest BCUT2D eigenvalue weighted by molar-refractivity contribution is 6.40. The second-order valence-electron chi connectivity index (χ2n) is 12.1. The average Bonchev–Trinajstić information content (AvgIpc) is 3.01. The summed E-state index contributed by atoms with van der Waals surface area (Å²) in [6.07, 6.45) is 2.29. The summed E-state index contributed by atoms with van der Waals surface area (Å²) in [7, 11) is 1.66. The van der Waals surface area contributed by atoms with Crippen molar-refractivity contribution in [2.24, 2.45) is 28.6 Å². The number of aliphatic hydroxyl groups is 1. The van der Waals surface area contributed by atoms with Crippen LogP contribution < -0.4 is 0 Å². The minimum Gasteiger partial charge on any atom is -0.446 e. The van der Waals surface area contributed by atoms with Gasteiger partial charge in [0.05, 0.1) is 16.6 Å². The summed E-state index contributed by atoms with van der Waals surface area (Å²) >= 11 is 0. The van der Waals surface area contributed by atoms with Gasteiger partial charge in [-0.1, -0.05) is 45.0 Å². The highest BCUT2D eigenvalue weighted by atomic mass is 16.7. The third-order valence-corrected chi connectivity index (χ3v) is 9.22. The van der Waals surface area contributed by atoms with Crippen LogP contribution in [0.1, 0.15) is 64.2 Å². The maximum absolute atomic E-state index is 14.0. The number of esters is 2. The molecule has 7 unspecified atom stereocenters. The third-order valence-electron chi connectivity index (χ3n) is 9.22. The standard InChI is InChI=1S/C30H39NO8/c1-18-12-15-30(36)16-21-27(38-19(2)32)39-22(31(6)17-37-26(35)20-10-8-7-9-11-20)13-14-29(21,5)25(34)24(33)23(18)28(30,3)4/h7-11,13-14,18,21-23,27,36H,12,15-17H2,1-6H3. The Labute approximate surface area is 229 Å². The van der Waals surface area contributed by atoms with E-state index in [-0.39, 0.29) is 19.1 Å². The van der Waals surface area contributed by atoms with Crippen molar-refractivity contribution in [3.8, 4) is 0 Å². The van der Waals surface area contributed by atoms with E-state index in [0.717, 1.165) is 0 Å². The predicted molar refractivity (Wildman–Crippen MR) is 141 cm³/mol. The fourth-order valence-corrected chi connectivity index (χ4v) is 6.61. The van der Waals surface area contributed by atoms with E-state index in [9.17, 15) is 24.3 Å². The van der Waals surface area contributed by atoms with Gasteiger partial charge in [0.1, 0.15) is 13.0 Å². The Morgan fingerprint density at radius 3 is 2.46 bits per heavy atom. The quantitative estimate of drug-likeness (QED) is 0.258. The Hall–Kier alpha value is -2.88. The molecule has 0 saturated heterocycles. The van der Waals surface area contributed by atoms with E-state index in [1.54, 1.807) is 61.4 Å². The lowest BCUT2D eigenvalue weighted by molar-refractivity contribution is -0.241. The number of likely N-dealkylation sites (N-methyl/N-ethyl adjacent to an activating group) is 1. The van der Waals surface area contributed by atoms with Crippen LogP contribution in [0, 0.1) is 28.6 Å². The molecule has 2 saturated carbocycles. The number of hydrogen-bond donors (Lipinski definition) is 1. The van der Waals surface area contributed by atoms with E-state index in [4.69, 9.17) is 14.2 Å². The Balaban J connectivity index is 1.68. The van der Waals surface area contributed by atoms with E-state index >= 15 is 0 Å². The number of nitrogens with zero attached hydrogens (tertiary/aromatic N) is 1. The molecule has 39 heavy (non-hydrogen) atoms. The molecule has 0 radical (unpaired) electrons. The summed E-state index contributed by atoms with van der Waals surface area (Å²) in [5.41, 5.74) is -3.17. The molecular weight excluding hydrogens is 502 g/mol. The van der Waals surface area contributed by atoms with Crippen molar-refractivity contribution in [2.75, 3.05) is 13.8 Å². The van der Waals surface area contributed by atoms with E-state index < -0.39 is 64.3 Å². The molecule has 212 valence electrons. The van der Waals surface area contributed by atoms with Crippen molar-refractivity contribution < 1.29 is 38.5 Å². The summed E-state index contributed by atoms with van der Waals surface area (Å²) in [5, 5.41) is 12.0. The Bertz CT molecular complexity index is 1160. The van der Waals surface area contributed by atoms with Crippen molar-refractivity contribution in [1.82, 2.24) is 4.90 Å². The van der Waals surface area contributed by atoms with Crippen LogP contribution in [0.4, 0.5) is 0 Å². The SMILES string of the molecule is CC(=O)OC1OC(N(C)COC(=O)c2ccccc2)C=CC2(C)C(=O)C(=O)C3C(C)CCC(O)(CC12)C3(C)C. The number of carbonyl (C=O) groups is 4. The lowest BCUT2D eigenvalue weighted by Gasteiger charge is -2.57. The average molecular weight is 542 g/mol. The van der Waals surface area contributed by atoms with Crippen molar-refractivity contribution in [2.45, 2.75) is 72.0 Å². The van der Waals surface area contributed by atoms with E-state index in [0.29, 0.717) is 18.4 Å². The summed E-state index contributed by atoms with van der Waals surface area (Å²) in [6, 6.07) is 8.55. The van der Waals surface area contributed by atoms with Gasteiger partial charge < -0.3 is 19.3 Å². The number of allylic oxidation sites excluding steroid dienone is 1. The van der Waals surface area contributed by atoms with Crippen LogP contribution in [0.15, 0.2) is 42.5 Å². The topological polar surface area (TPSA) is 119 Å². The molecule has 0 amide bonds. The van der Waals surface area contributed by atoms with Crippen LogP contribution in [-0.4, -0.2) is 65.4 Å². The number of ether oxygens (including phenoxy) is 3. The molecular formula is C30H39NO8. The lowest BCUT2D eigenvalue weighted by Crippen LogP contribution is -2.64. The smallest absolute Gasteiger partial charge is 0.339 e. The Kier molecular flexibility index (Phi) is 7.91. The molecule has 3 aliphatic rings. The van der Waals surface area contributed by atoms with Gasteiger partial charge in [0.2, 0.25) is 17.9 Å². The number of rotatable bonds is 5. The summed E-state index contributed by atoms with van der Waals surface area (Å²) < 4.78 is 17.3. The summed E-state index contributed by atoms with van der Waals surface area (Å²) in [4.78, 5) is 54.0. The number of fused-ring (bicyclic) bond motifs is 3. The van der Waals surface area contributed by atoms with Crippen LogP contribution >= 0.6 is 0 Å². The lowest BCUT2D eigenvalue weighted by atomic mass is 9.48.